The van der Waals surface area contributed by atoms with Gasteiger partial charge < -0.3 is 19.7 Å². The average molecular weight is 379 g/mol. The quantitative estimate of drug-likeness (QED) is 0.680. The minimum absolute atomic E-state index is 0.296. The summed E-state index contributed by atoms with van der Waals surface area (Å²) in [6.07, 6.45) is 4.66. The zero-order valence-electron chi connectivity index (χ0n) is 15.0. The van der Waals surface area contributed by atoms with Crippen molar-refractivity contribution in [3.05, 3.63) is 77.0 Å². The standard InChI is InChI=1S/C20H17N3O5/c1-28-17-9-13(14-3-2-8-21-10-14)4-6-16(17)20(27)22-15-5-7-18(24)23(11-15)12-19(25)26/h2-11H,12H2,1H3,(H,22,27)(H,25,26). The summed E-state index contributed by atoms with van der Waals surface area (Å²) < 4.78 is 6.35. The van der Waals surface area contributed by atoms with Crippen molar-refractivity contribution >= 4 is 17.6 Å². The Morgan fingerprint density at radius 3 is 2.68 bits per heavy atom. The molecule has 8 heteroatoms. The van der Waals surface area contributed by atoms with Gasteiger partial charge in [0.2, 0.25) is 0 Å². The Labute approximate surface area is 160 Å². The molecule has 28 heavy (non-hydrogen) atoms. The van der Waals surface area contributed by atoms with Gasteiger partial charge in [0.25, 0.3) is 11.5 Å². The molecular formula is C20H17N3O5. The molecule has 0 aliphatic heterocycles. The Hall–Kier alpha value is -3.94. The summed E-state index contributed by atoms with van der Waals surface area (Å²) in [6.45, 7) is -0.494. The largest absolute Gasteiger partial charge is 0.496 e. The van der Waals surface area contributed by atoms with Gasteiger partial charge in [-0.3, -0.25) is 19.4 Å². The van der Waals surface area contributed by atoms with Crippen molar-refractivity contribution in [1.82, 2.24) is 9.55 Å². The summed E-state index contributed by atoms with van der Waals surface area (Å²) in [7, 11) is 1.46. The van der Waals surface area contributed by atoms with E-state index in [1.807, 2.05) is 12.1 Å². The molecule has 0 aliphatic carbocycles. The Kier molecular flexibility index (Phi) is 5.50. The molecule has 0 atom stereocenters. The van der Waals surface area contributed by atoms with Crippen molar-refractivity contribution in [2.45, 2.75) is 6.54 Å². The second kappa shape index (κ2) is 8.17. The number of carbonyl (C=O) groups is 2. The molecule has 1 aromatic carbocycles. The monoisotopic (exact) mass is 379 g/mol. The number of amides is 1. The second-order valence-electron chi connectivity index (χ2n) is 5.89. The van der Waals surface area contributed by atoms with Crippen LogP contribution in [0.25, 0.3) is 11.1 Å². The van der Waals surface area contributed by atoms with Gasteiger partial charge in [0.1, 0.15) is 12.3 Å². The van der Waals surface area contributed by atoms with E-state index in [0.29, 0.717) is 17.0 Å². The highest BCUT2D eigenvalue weighted by Gasteiger charge is 2.14. The number of hydrogen-bond acceptors (Lipinski definition) is 5. The number of ether oxygens (including phenoxy) is 1. The average Bonchev–Trinajstić information content (AvgIpc) is 2.70. The van der Waals surface area contributed by atoms with Gasteiger partial charge in [-0.15, -0.1) is 0 Å². The molecular weight excluding hydrogens is 362 g/mol. The lowest BCUT2D eigenvalue weighted by Crippen LogP contribution is -2.24. The van der Waals surface area contributed by atoms with E-state index in [2.05, 4.69) is 10.3 Å². The number of carbonyl (C=O) groups excluding carboxylic acids is 1. The number of aromatic nitrogens is 2. The smallest absolute Gasteiger partial charge is 0.323 e. The molecule has 0 fully saturated rings. The molecule has 2 heterocycles. The predicted molar refractivity (Wildman–Crippen MR) is 103 cm³/mol. The number of nitrogens with one attached hydrogen (secondary N) is 1. The van der Waals surface area contributed by atoms with Gasteiger partial charge in [-0.1, -0.05) is 12.1 Å². The van der Waals surface area contributed by atoms with Crippen LogP contribution in [0.1, 0.15) is 10.4 Å². The van der Waals surface area contributed by atoms with Crippen LogP contribution in [0.5, 0.6) is 5.75 Å². The molecule has 0 aliphatic rings. The number of pyridine rings is 2. The van der Waals surface area contributed by atoms with Gasteiger partial charge in [0, 0.05) is 30.2 Å². The Bertz CT molecular complexity index is 1080. The van der Waals surface area contributed by atoms with Crippen LogP contribution in [-0.2, 0) is 11.3 Å². The molecule has 0 saturated carbocycles. The molecule has 8 nitrogen and oxygen atoms in total. The fourth-order valence-corrected chi connectivity index (χ4v) is 2.66. The lowest BCUT2D eigenvalue weighted by atomic mass is 10.0. The summed E-state index contributed by atoms with van der Waals surface area (Å²) >= 11 is 0. The van der Waals surface area contributed by atoms with Crippen molar-refractivity contribution < 1.29 is 19.4 Å². The number of carboxylic acid groups (broad SMARTS) is 1. The van der Waals surface area contributed by atoms with Crippen LogP contribution in [-0.4, -0.2) is 33.6 Å². The molecule has 1 amide bonds. The van der Waals surface area contributed by atoms with E-state index >= 15 is 0 Å². The summed E-state index contributed by atoms with van der Waals surface area (Å²) in [6, 6.07) is 11.5. The van der Waals surface area contributed by atoms with Crippen LogP contribution in [0.2, 0.25) is 0 Å². The van der Waals surface area contributed by atoms with Crippen LogP contribution in [0.15, 0.2) is 65.8 Å². The topological polar surface area (TPSA) is 111 Å². The van der Waals surface area contributed by atoms with Gasteiger partial charge in [-0.2, -0.15) is 0 Å². The minimum Gasteiger partial charge on any atom is -0.496 e. The number of hydrogen-bond donors (Lipinski definition) is 2. The van der Waals surface area contributed by atoms with Gasteiger partial charge >= 0.3 is 5.97 Å². The van der Waals surface area contributed by atoms with Crippen LogP contribution < -0.4 is 15.6 Å². The Morgan fingerprint density at radius 1 is 1.18 bits per heavy atom. The highest BCUT2D eigenvalue weighted by molar-refractivity contribution is 6.06. The SMILES string of the molecule is COc1cc(-c2cccnc2)ccc1C(=O)Nc1ccc(=O)n(CC(=O)O)c1. The summed E-state index contributed by atoms with van der Waals surface area (Å²) in [5.74, 6) is -1.23. The summed E-state index contributed by atoms with van der Waals surface area (Å²) in [5.41, 5.74) is 1.85. The lowest BCUT2D eigenvalue weighted by molar-refractivity contribution is -0.137. The zero-order valence-corrected chi connectivity index (χ0v) is 15.0. The van der Waals surface area contributed by atoms with Gasteiger partial charge in [0.05, 0.1) is 18.4 Å². The summed E-state index contributed by atoms with van der Waals surface area (Å²) in [4.78, 5) is 39.3. The lowest BCUT2D eigenvalue weighted by Gasteiger charge is -2.12. The molecule has 0 unspecified atom stereocenters. The van der Waals surface area contributed by atoms with E-state index in [1.54, 1.807) is 30.6 Å². The maximum absolute atomic E-state index is 12.7. The molecule has 3 aromatic rings. The first-order chi connectivity index (χ1) is 13.5. The number of benzene rings is 1. The van der Waals surface area contributed by atoms with Crippen molar-refractivity contribution in [2.24, 2.45) is 0 Å². The minimum atomic E-state index is -1.15. The van der Waals surface area contributed by atoms with E-state index in [-0.39, 0.29) is 0 Å². The van der Waals surface area contributed by atoms with E-state index < -0.39 is 24.0 Å². The first kappa shape index (κ1) is 18.8. The number of anilines is 1. The highest BCUT2D eigenvalue weighted by Crippen LogP contribution is 2.27. The van der Waals surface area contributed by atoms with Crippen molar-refractivity contribution in [2.75, 3.05) is 12.4 Å². The zero-order chi connectivity index (χ0) is 20.1. The molecule has 2 N–H and O–H groups in total. The first-order valence-electron chi connectivity index (χ1n) is 8.30. The van der Waals surface area contributed by atoms with E-state index in [0.717, 1.165) is 15.7 Å². The number of methoxy groups -OCH3 is 1. The van der Waals surface area contributed by atoms with Crippen LogP contribution in [0, 0.1) is 0 Å². The van der Waals surface area contributed by atoms with Crippen molar-refractivity contribution in [3.8, 4) is 16.9 Å². The molecule has 0 bridgehead atoms. The molecule has 3 rings (SSSR count). The molecule has 0 radical (unpaired) electrons. The number of rotatable bonds is 6. The second-order valence-corrected chi connectivity index (χ2v) is 5.89. The molecule has 142 valence electrons. The predicted octanol–water partition coefficient (Wildman–Crippen LogP) is 2.26. The normalized spacial score (nSPS) is 10.3. The van der Waals surface area contributed by atoms with Crippen LogP contribution >= 0.6 is 0 Å². The van der Waals surface area contributed by atoms with E-state index in [1.165, 1.54) is 25.4 Å². The van der Waals surface area contributed by atoms with Crippen LogP contribution in [0.4, 0.5) is 5.69 Å². The molecule has 2 aromatic heterocycles. The first-order valence-corrected chi connectivity index (χ1v) is 8.30. The number of carboxylic acids is 1. The van der Waals surface area contributed by atoms with Crippen molar-refractivity contribution in [3.63, 3.8) is 0 Å². The summed E-state index contributed by atoms with van der Waals surface area (Å²) in [5, 5.41) is 11.5. The van der Waals surface area contributed by atoms with E-state index in [4.69, 9.17) is 9.84 Å². The van der Waals surface area contributed by atoms with Gasteiger partial charge in [-0.05, 0) is 29.8 Å². The maximum atomic E-state index is 12.7. The Balaban J connectivity index is 1.87. The molecule has 0 saturated heterocycles. The fraction of sp³-hybridized carbons (Fsp3) is 0.100. The third kappa shape index (κ3) is 4.24. The molecule has 0 spiro atoms. The van der Waals surface area contributed by atoms with E-state index in [9.17, 15) is 14.4 Å². The number of aliphatic carboxylic acids is 1. The van der Waals surface area contributed by atoms with Crippen molar-refractivity contribution in [1.29, 1.82) is 0 Å². The van der Waals surface area contributed by atoms with Crippen LogP contribution in [0.3, 0.4) is 0 Å². The fourth-order valence-electron chi connectivity index (χ4n) is 2.66. The maximum Gasteiger partial charge on any atom is 0.323 e. The number of nitrogens with zero attached hydrogens (tertiary/aromatic N) is 2. The third-order valence-electron chi connectivity index (χ3n) is 3.99. The van der Waals surface area contributed by atoms with Gasteiger partial charge in [0.15, 0.2) is 0 Å². The van der Waals surface area contributed by atoms with Gasteiger partial charge in [-0.25, -0.2) is 0 Å². The third-order valence-corrected chi connectivity index (χ3v) is 3.99. The highest BCUT2D eigenvalue weighted by atomic mass is 16.5. The Morgan fingerprint density at radius 2 is 2.00 bits per heavy atom.